The Morgan fingerprint density at radius 2 is 2.04 bits per heavy atom. The molecule has 4 atom stereocenters. The molecule has 2 rings (SSSR count). The second kappa shape index (κ2) is 7.76. The van der Waals surface area contributed by atoms with Crippen LogP contribution in [0.25, 0.3) is 0 Å². The van der Waals surface area contributed by atoms with Gasteiger partial charge in [-0.25, -0.2) is 9.78 Å². The third-order valence-corrected chi connectivity index (χ3v) is 9.96. The van der Waals surface area contributed by atoms with E-state index < -0.39 is 32.6 Å². The number of carbonyl (C=O) groups excluding carboxylic acids is 1. The average molecular weight is 382 g/mol. The molecule has 1 aliphatic heterocycles. The van der Waals surface area contributed by atoms with Gasteiger partial charge in [-0.05, 0) is 42.2 Å². The summed E-state index contributed by atoms with van der Waals surface area (Å²) in [5.41, 5.74) is 0.980. The lowest BCUT2D eigenvalue weighted by molar-refractivity contribution is 0.00621. The number of carbonyl (C=O) groups is 1. The highest BCUT2D eigenvalue weighted by molar-refractivity contribution is 6.74. The molecule has 1 aliphatic rings. The summed E-state index contributed by atoms with van der Waals surface area (Å²) in [5, 5.41) is 10.8. The van der Waals surface area contributed by atoms with Crippen molar-refractivity contribution in [3.63, 3.8) is 0 Å². The van der Waals surface area contributed by atoms with Crippen molar-refractivity contribution in [3.8, 4) is 0 Å². The third-order valence-electron chi connectivity index (χ3n) is 5.48. The van der Waals surface area contributed by atoms with Gasteiger partial charge in [0.1, 0.15) is 24.0 Å². The fraction of sp³-hybridized carbons (Fsp3) is 0.684. The summed E-state index contributed by atoms with van der Waals surface area (Å²) < 4.78 is 17.4. The molecule has 0 unspecified atom stereocenters. The molecule has 0 aliphatic carbocycles. The van der Waals surface area contributed by atoms with E-state index in [4.69, 9.17) is 13.9 Å². The molecule has 0 saturated carbocycles. The van der Waals surface area contributed by atoms with Crippen molar-refractivity contribution in [3.05, 3.63) is 29.6 Å². The summed E-state index contributed by atoms with van der Waals surface area (Å²) in [7, 11) is -0.796. The molecule has 7 heteroatoms. The molecular formula is C19H31NO5Si. The van der Waals surface area contributed by atoms with Crippen LogP contribution in [-0.2, 0) is 13.9 Å². The first-order valence-electron chi connectivity index (χ1n) is 9.07. The topological polar surface area (TPSA) is 77.9 Å². The number of nitrogens with zero attached hydrogens (tertiary/aromatic N) is 1. The zero-order valence-corrected chi connectivity index (χ0v) is 17.8. The fourth-order valence-corrected chi connectivity index (χ4v) is 4.13. The first-order chi connectivity index (χ1) is 12.0. The van der Waals surface area contributed by atoms with E-state index in [1.807, 2.05) is 6.92 Å². The van der Waals surface area contributed by atoms with Crippen LogP contribution in [0, 0.1) is 0 Å². The lowest BCUT2D eigenvalue weighted by Gasteiger charge is -2.40. The molecule has 1 N–H and O–H groups in total. The quantitative estimate of drug-likeness (QED) is 0.621. The molecule has 1 fully saturated rings. The van der Waals surface area contributed by atoms with Crippen LogP contribution < -0.4 is 0 Å². The molecule has 0 aromatic carbocycles. The molecular weight excluding hydrogens is 350 g/mol. The van der Waals surface area contributed by atoms with Crippen LogP contribution in [0.1, 0.15) is 56.3 Å². The summed E-state index contributed by atoms with van der Waals surface area (Å²) in [6.07, 6.45) is 0.298. The number of aromatic nitrogens is 1. The fourth-order valence-electron chi connectivity index (χ4n) is 2.83. The standard InChI is InChI=1S/C19H31NO5Si/c1-8-14-15(21)17(25-26(6,7)19(2,3)4)16(24-14)12-9-10-20-13(11-12)18(22)23-5/h9-11,14-17,21H,8H2,1-7H3/t14-,15-,16+,17-/m1/s1. The van der Waals surface area contributed by atoms with Crippen LogP contribution in [0.5, 0.6) is 0 Å². The van der Waals surface area contributed by atoms with Gasteiger partial charge in [-0.2, -0.15) is 0 Å². The maximum absolute atomic E-state index is 11.8. The molecule has 1 aromatic heterocycles. The molecule has 0 bridgehead atoms. The Morgan fingerprint density at radius 1 is 1.38 bits per heavy atom. The van der Waals surface area contributed by atoms with Gasteiger partial charge in [0, 0.05) is 6.20 Å². The predicted octanol–water partition coefficient (Wildman–Crippen LogP) is 3.47. The minimum atomic E-state index is -2.12. The first-order valence-corrected chi connectivity index (χ1v) is 12.0. The van der Waals surface area contributed by atoms with E-state index in [0.717, 1.165) is 5.56 Å². The number of rotatable bonds is 5. The van der Waals surface area contributed by atoms with Gasteiger partial charge >= 0.3 is 5.97 Å². The smallest absolute Gasteiger partial charge is 0.356 e. The normalized spacial score (nSPS) is 26.8. The molecule has 0 spiro atoms. The van der Waals surface area contributed by atoms with Crippen molar-refractivity contribution < 1.29 is 23.8 Å². The second-order valence-electron chi connectivity index (χ2n) is 8.30. The number of aliphatic hydroxyl groups is 1. The Morgan fingerprint density at radius 3 is 2.58 bits per heavy atom. The van der Waals surface area contributed by atoms with E-state index >= 15 is 0 Å². The van der Waals surface area contributed by atoms with E-state index in [2.05, 4.69) is 38.8 Å². The number of esters is 1. The molecule has 6 nitrogen and oxygen atoms in total. The number of aliphatic hydroxyl groups excluding tert-OH is 1. The first kappa shape index (κ1) is 21.0. The van der Waals surface area contributed by atoms with Crippen molar-refractivity contribution in [1.82, 2.24) is 4.98 Å². The van der Waals surface area contributed by atoms with E-state index in [1.165, 1.54) is 7.11 Å². The molecule has 1 aromatic rings. The van der Waals surface area contributed by atoms with Crippen molar-refractivity contribution in [1.29, 1.82) is 0 Å². The molecule has 26 heavy (non-hydrogen) atoms. The molecule has 0 radical (unpaired) electrons. The van der Waals surface area contributed by atoms with Gasteiger partial charge in [-0.1, -0.05) is 27.7 Å². The van der Waals surface area contributed by atoms with Crippen LogP contribution in [-0.4, -0.2) is 49.8 Å². The highest BCUT2D eigenvalue weighted by Crippen LogP contribution is 2.43. The Kier molecular flexibility index (Phi) is 6.27. The van der Waals surface area contributed by atoms with Crippen LogP contribution >= 0.6 is 0 Å². The molecule has 2 heterocycles. The zero-order valence-electron chi connectivity index (χ0n) is 16.8. The van der Waals surface area contributed by atoms with Gasteiger partial charge in [0.25, 0.3) is 0 Å². The summed E-state index contributed by atoms with van der Waals surface area (Å²) in [6.45, 7) is 12.8. The van der Waals surface area contributed by atoms with Crippen LogP contribution in [0.4, 0.5) is 0 Å². The Bertz CT molecular complexity index is 643. The maximum atomic E-state index is 11.8. The van der Waals surface area contributed by atoms with E-state index in [-0.39, 0.29) is 16.8 Å². The second-order valence-corrected chi connectivity index (χ2v) is 13.1. The van der Waals surface area contributed by atoms with Gasteiger partial charge < -0.3 is 19.0 Å². The average Bonchev–Trinajstić information content (AvgIpc) is 2.89. The van der Waals surface area contributed by atoms with Crippen LogP contribution in [0.3, 0.4) is 0 Å². The van der Waals surface area contributed by atoms with E-state index in [0.29, 0.717) is 6.42 Å². The number of hydrogen-bond donors (Lipinski definition) is 1. The third kappa shape index (κ3) is 4.17. The largest absolute Gasteiger partial charge is 0.464 e. The minimum absolute atomic E-state index is 0.0109. The highest BCUT2D eigenvalue weighted by atomic mass is 28.4. The van der Waals surface area contributed by atoms with Gasteiger partial charge in [-0.3, -0.25) is 0 Å². The number of pyridine rings is 1. The molecule has 0 amide bonds. The van der Waals surface area contributed by atoms with Crippen LogP contribution in [0.2, 0.25) is 18.1 Å². The van der Waals surface area contributed by atoms with Gasteiger partial charge in [0.15, 0.2) is 8.32 Å². The van der Waals surface area contributed by atoms with E-state index in [9.17, 15) is 9.90 Å². The number of methoxy groups -OCH3 is 1. The monoisotopic (exact) mass is 381 g/mol. The maximum Gasteiger partial charge on any atom is 0.356 e. The lowest BCUT2D eigenvalue weighted by atomic mass is 10.0. The van der Waals surface area contributed by atoms with Gasteiger partial charge in [0.2, 0.25) is 0 Å². The summed E-state index contributed by atoms with van der Waals surface area (Å²) in [6, 6.07) is 3.45. The lowest BCUT2D eigenvalue weighted by Crippen LogP contribution is -2.48. The molecule has 1 saturated heterocycles. The van der Waals surface area contributed by atoms with Crippen molar-refractivity contribution in [2.45, 2.75) is 76.7 Å². The number of hydrogen-bond acceptors (Lipinski definition) is 6. The predicted molar refractivity (Wildman–Crippen MR) is 102 cm³/mol. The van der Waals surface area contributed by atoms with Crippen molar-refractivity contribution in [2.24, 2.45) is 0 Å². The minimum Gasteiger partial charge on any atom is -0.464 e. The summed E-state index contributed by atoms with van der Waals surface area (Å²) in [5.74, 6) is -0.501. The Labute approximate surface area is 157 Å². The Balaban J connectivity index is 2.37. The Hall–Kier alpha value is -1.28. The SMILES string of the molecule is CC[C@H]1O[C@@H](c2ccnc(C(=O)OC)c2)[C@H](O[Si](C)(C)C(C)(C)C)[C@@H]1O. The summed E-state index contributed by atoms with van der Waals surface area (Å²) in [4.78, 5) is 15.9. The van der Waals surface area contributed by atoms with Gasteiger partial charge in [0.05, 0.1) is 13.2 Å². The number of ether oxygens (including phenoxy) is 2. The molecule has 146 valence electrons. The van der Waals surface area contributed by atoms with Crippen molar-refractivity contribution >= 4 is 14.3 Å². The van der Waals surface area contributed by atoms with Gasteiger partial charge in [-0.15, -0.1) is 0 Å². The highest BCUT2D eigenvalue weighted by Gasteiger charge is 2.49. The van der Waals surface area contributed by atoms with Crippen LogP contribution in [0.15, 0.2) is 18.3 Å². The van der Waals surface area contributed by atoms with Crippen molar-refractivity contribution in [2.75, 3.05) is 7.11 Å². The summed E-state index contributed by atoms with van der Waals surface area (Å²) >= 11 is 0. The van der Waals surface area contributed by atoms with E-state index in [1.54, 1.807) is 18.3 Å². The zero-order chi connectivity index (χ0) is 19.7.